The lowest BCUT2D eigenvalue weighted by atomic mass is 10.1. The average Bonchev–Trinajstić information content (AvgIpc) is 2.67. The molecule has 0 unspecified atom stereocenters. The second-order valence-corrected chi connectivity index (χ2v) is 6.47. The van der Waals surface area contributed by atoms with Gasteiger partial charge in [-0.05, 0) is 36.2 Å². The van der Waals surface area contributed by atoms with E-state index in [1.807, 2.05) is 12.1 Å². The Morgan fingerprint density at radius 3 is 2.59 bits per heavy atom. The van der Waals surface area contributed by atoms with Crippen LogP contribution in [0.4, 0.5) is 16.2 Å². The molecular formula is C19H19ClN4O3. The largest absolute Gasteiger partial charge is 0.354 e. The third-order valence-electron chi connectivity index (χ3n) is 4.07. The van der Waals surface area contributed by atoms with Gasteiger partial charge in [0.1, 0.15) is 6.54 Å². The monoisotopic (exact) mass is 386 g/mol. The van der Waals surface area contributed by atoms with Crippen LogP contribution in [0.25, 0.3) is 0 Å². The Kier molecular flexibility index (Phi) is 5.93. The number of hydrogen-bond donors (Lipinski definition) is 3. The molecule has 4 amide bonds. The number of fused-ring (bicyclic) bond motifs is 1. The Balaban J connectivity index is 1.47. The SMILES string of the molecule is O=C(CNC(=O)N1CC(=O)Nc2ccccc21)NCCc1ccc(Cl)cc1. The average molecular weight is 387 g/mol. The van der Waals surface area contributed by atoms with E-state index in [0.717, 1.165) is 5.56 Å². The highest BCUT2D eigenvalue weighted by Crippen LogP contribution is 2.28. The normalized spacial score (nSPS) is 12.8. The molecule has 3 rings (SSSR count). The first kappa shape index (κ1) is 18.7. The number of nitrogens with one attached hydrogen (secondary N) is 3. The number of hydrogen-bond acceptors (Lipinski definition) is 3. The molecule has 0 bridgehead atoms. The Morgan fingerprint density at radius 2 is 1.81 bits per heavy atom. The van der Waals surface area contributed by atoms with Crippen molar-refractivity contribution in [1.29, 1.82) is 0 Å². The van der Waals surface area contributed by atoms with Gasteiger partial charge in [-0.3, -0.25) is 14.5 Å². The number of amides is 4. The van der Waals surface area contributed by atoms with Gasteiger partial charge in [-0.1, -0.05) is 35.9 Å². The van der Waals surface area contributed by atoms with Gasteiger partial charge in [0.05, 0.1) is 17.9 Å². The van der Waals surface area contributed by atoms with E-state index in [0.29, 0.717) is 29.4 Å². The van der Waals surface area contributed by atoms with Crippen LogP contribution in [0.1, 0.15) is 5.56 Å². The van der Waals surface area contributed by atoms with Crippen molar-refractivity contribution in [2.45, 2.75) is 6.42 Å². The van der Waals surface area contributed by atoms with Gasteiger partial charge in [-0.25, -0.2) is 4.79 Å². The molecule has 27 heavy (non-hydrogen) atoms. The molecule has 3 N–H and O–H groups in total. The maximum absolute atomic E-state index is 12.4. The fourth-order valence-corrected chi connectivity index (χ4v) is 2.85. The van der Waals surface area contributed by atoms with Crippen LogP contribution in [-0.2, 0) is 16.0 Å². The molecule has 0 fully saturated rings. The minimum Gasteiger partial charge on any atom is -0.354 e. The molecule has 0 aliphatic carbocycles. The number of para-hydroxylation sites is 2. The van der Waals surface area contributed by atoms with Crippen molar-refractivity contribution in [1.82, 2.24) is 10.6 Å². The number of anilines is 2. The first-order valence-corrected chi connectivity index (χ1v) is 8.86. The van der Waals surface area contributed by atoms with Gasteiger partial charge < -0.3 is 16.0 Å². The molecule has 2 aromatic carbocycles. The van der Waals surface area contributed by atoms with Gasteiger partial charge >= 0.3 is 6.03 Å². The third-order valence-corrected chi connectivity index (χ3v) is 4.32. The summed E-state index contributed by atoms with van der Waals surface area (Å²) >= 11 is 5.83. The van der Waals surface area contributed by atoms with Gasteiger partial charge in [-0.2, -0.15) is 0 Å². The Morgan fingerprint density at radius 1 is 1.07 bits per heavy atom. The molecule has 8 heteroatoms. The maximum Gasteiger partial charge on any atom is 0.322 e. The molecule has 0 atom stereocenters. The van der Waals surface area contributed by atoms with Crippen LogP contribution < -0.4 is 20.9 Å². The van der Waals surface area contributed by atoms with Crippen LogP contribution in [0.15, 0.2) is 48.5 Å². The fourth-order valence-electron chi connectivity index (χ4n) is 2.73. The van der Waals surface area contributed by atoms with Gasteiger partial charge in [0.25, 0.3) is 0 Å². The second-order valence-electron chi connectivity index (χ2n) is 6.04. The summed E-state index contributed by atoms with van der Waals surface area (Å²) in [7, 11) is 0. The lowest BCUT2D eigenvalue weighted by Gasteiger charge is -2.29. The molecular weight excluding hydrogens is 368 g/mol. The lowest BCUT2D eigenvalue weighted by Crippen LogP contribution is -2.49. The van der Waals surface area contributed by atoms with E-state index in [9.17, 15) is 14.4 Å². The van der Waals surface area contributed by atoms with Crippen molar-refractivity contribution in [2.75, 3.05) is 29.9 Å². The maximum atomic E-state index is 12.4. The highest BCUT2D eigenvalue weighted by molar-refractivity contribution is 6.30. The number of benzene rings is 2. The number of urea groups is 1. The van der Waals surface area contributed by atoms with Gasteiger partial charge in [0, 0.05) is 11.6 Å². The summed E-state index contributed by atoms with van der Waals surface area (Å²) < 4.78 is 0. The van der Waals surface area contributed by atoms with Gasteiger partial charge in [0.15, 0.2) is 0 Å². The number of carbonyl (C=O) groups is 3. The van der Waals surface area contributed by atoms with Crippen molar-refractivity contribution in [3.05, 3.63) is 59.1 Å². The van der Waals surface area contributed by atoms with Crippen molar-refractivity contribution in [3.63, 3.8) is 0 Å². The Hall–Kier alpha value is -3.06. The van der Waals surface area contributed by atoms with Crippen molar-refractivity contribution in [3.8, 4) is 0 Å². The number of nitrogens with zero attached hydrogens (tertiary/aromatic N) is 1. The van der Waals surface area contributed by atoms with Gasteiger partial charge in [-0.15, -0.1) is 0 Å². The minimum absolute atomic E-state index is 0.0962. The van der Waals surface area contributed by atoms with E-state index >= 15 is 0 Å². The van der Waals surface area contributed by atoms with Crippen LogP contribution >= 0.6 is 11.6 Å². The molecule has 1 aliphatic heterocycles. The predicted octanol–water partition coefficient (Wildman–Crippen LogP) is 2.17. The van der Waals surface area contributed by atoms with Crippen LogP contribution in [-0.4, -0.2) is 37.5 Å². The van der Waals surface area contributed by atoms with E-state index in [1.54, 1.807) is 36.4 Å². The fraction of sp³-hybridized carbons (Fsp3) is 0.211. The standard InChI is InChI=1S/C19H19ClN4O3/c20-14-7-5-13(6-8-14)9-10-21-17(25)11-22-19(27)24-12-18(26)23-15-3-1-2-4-16(15)24/h1-8H,9-12H2,(H,21,25)(H,22,27)(H,23,26). The summed E-state index contributed by atoms with van der Waals surface area (Å²) in [5.41, 5.74) is 2.22. The topological polar surface area (TPSA) is 90.5 Å². The van der Waals surface area contributed by atoms with E-state index in [1.165, 1.54) is 4.90 Å². The Labute approximate surface area is 161 Å². The van der Waals surface area contributed by atoms with Crippen LogP contribution in [0.2, 0.25) is 5.02 Å². The van der Waals surface area contributed by atoms with Crippen LogP contribution in [0.3, 0.4) is 0 Å². The highest BCUT2D eigenvalue weighted by Gasteiger charge is 2.26. The number of rotatable bonds is 5. The quantitative estimate of drug-likeness (QED) is 0.735. The summed E-state index contributed by atoms with van der Waals surface area (Å²) in [6.07, 6.45) is 0.663. The van der Waals surface area contributed by atoms with Gasteiger partial charge in [0.2, 0.25) is 11.8 Å². The molecule has 0 saturated heterocycles. The van der Waals surface area contributed by atoms with E-state index in [-0.39, 0.29) is 24.9 Å². The minimum atomic E-state index is -0.495. The Bertz CT molecular complexity index is 854. The molecule has 1 aliphatic rings. The molecule has 7 nitrogen and oxygen atoms in total. The molecule has 2 aromatic rings. The summed E-state index contributed by atoms with van der Waals surface area (Å²) in [5, 5.41) is 8.67. The first-order valence-electron chi connectivity index (χ1n) is 8.48. The molecule has 0 radical (unpaired) electrons. The highest BCUT2D eigenvalue weighted by atomic mass is 35.5. The van der Waals surface area contributed by atoms with Crippen molar-refractivity contribution in [2.24, 2.45) is 0 Å². The lowest BCUT2D eigenvalue weighted by molar-refractivity contribution is -0.120. The number of halogens is 1. The summed E-state index contributed by atoms with van der Waals surface area (Å²) in [6.45, 7) is 0.187. The molecule has 0 aromatic heterocycles. The summed E-state index contributed by atoms with van der Waals surface area (Å²) in [5.74, 6) is -0.580. The van der Waals surface area contributed by atoms with E-state index in [4.69, 9.17) is 11.6 Å². The van der Waals surface area contributed by atoms with E-state index < -0.39 is 6.03 Å². The molecule has 0 spiro atoms. The molecule has 0 saturated carbocycles. The van der Waals surface area contributed by atoms with E-state index in [2.05, 4.69) is 16.0 Å². The number of carbonyl (C=O) groups excluding carboxylic acids is 3. The zero-order valence-electron chi connectivity index (χ0n) is 14.5. The van der Waals surface area contributed by atoms with Crippen molar-refractivity contribution < 1.29 is 14.4 Å². The molecule has 1 heterocycles. The zero-order valence-corrected chi connectivity index (χ0v) is 15.3. The summed E-state index contributed by atoms with van der Waals surface area (Å²) in [6, 6.07) is 13.9. The zero-order chi connectivity index (χ0) is 19.2. The smallest absolute Gasteiger partial charge is 0.322 e. The second kappa shape index (κ2) is 8.55. The van der Waals surface area contributed by atoms with Crippen LogP contribution in [0.5, 0.6) is 0 Å². The predicted molar refractivity (Wildman–Crippen MR) is 104 cm³/mol. The van der Waals surface area contributed by atoms with Crippen LogP contribution in [0, 0.1) is 0 Å². The van der Waals surface area contributed by atoms with Crippen molar-refractivity contribution >= 4 is 40.8 Å². The molecule has 140 valence electrons. The first-order chi connectivity index (χ1) is 13.0. The third kappa shape index (κ3) is 4.98. The summed E-state index contributed by atoms with van der Waals surface area (Å²) in [4.78, 5) is 37.4.